The van der Waals surface area contributed by atoms with Crippen molar-refractivity contribution in [2.45, 2.75) is 63.9 Å². The van der Waals surface area contributed by atoms with Crippen LogP contribution in [0.2, 0.25) is 0 Å². The highest BCUT2D eigenvalue weighted by Gasteiger charge is 2.51. The summed E-state index contributed by atoms with van der Waals surface area (Å²) in [5.74, 6) is 3.31. The molecule has 4 saturated carbocycles. The molecule has 5 rings (SSSR count). The van der Waals surface area contributed by atoms with Gasteiger partial charge in [-0.2, -0.15) is 0 Å². The summed E-state index contributed by atoms with van der Waals surface area (Å²) in [5.41, 5.74) is 1.90. The highest BCUT2D eigenvalue weighted by atomic mass is 16.6. The summed E-state index contributed by atoms with van der Waals surface area (Å²) in [5, 5.41) is 0. The molecular formula is C21H28O3. The van der Waals surface area contributed by atoms with Crippen LogP contribution in [-0.2, 0) is 14.9 Å². The maximum Gasteiger partial charge on any atom is 0.347 e. The minimum absolute atomic E-state index is 0.303. The normalized spacial score (nSPS) is 34.8. The Balaban J connectivity index is 1.47. The molecule has 1 unspecified atom stereocenters. The maximum atomic E-state index is 11.7. The molecule has 0 N–H and O–H groups in total. The smallest absolute Gasteiger partial charge is 0.347 e. The zero-order valence-electron chi connectivity index (χ0n) is 14.8. The molecule has 0 saturated heterocycles. The van der Waals surface area contributed by atoms with E-state index < -0.39 is 6.10 Å². The Bertz CT molecular complexity index is 569. The van der Waals surface area contributed by atoms with E-state index in [-0.39, 0.29) is 5.97 Å². The van der Waals surface area contributed by atoms with Gasteiger partial charge in [0.05, 0.1) is 6.61 Å². The Morgan fingerprint density at radius 2 is 1.62 bits per heavy atom. The number of carbonyl (C=O) groups excluding carboxylic acids is 1. The van der Waals surface area contributed by atoms with E-state index in [1.165, 1.54) is 44.1 Å². The van der Waals surface area contributed by atoms with Crippen LogP contribution in [0.4, 0.5) is 0 Å². The molecule has 1 aromatic carbocycles. The van der Waals surface area contributed by atoms with Crippen LogP contribution in [0.15, 0.2) is 24.3 Å². The first-order valence-electron chi connectivity index (χ1n) is 9.52. The van der Waals surface area contributed by atoms with Crippen molar-refractivity contribution in [1.29, 1.82) is 0 Å². The molecule has 0 radical (unpaired) electrons. The Kier molecular flexibility index (Phi) is 4.06. The Hall–Kier alpha value is -1.51. The van der Waals surface area contributed by atoms with Crippen LogP contribution in [0.1, 0.15) is 57.9 Å². The van der Waals surface area contributed by atoms with Crippen LogP contribution in [0.3, 0.4) is 0 Å². The van der Waals surface area contributed by atoms with Gasteiger partial charge in [0.1, 0.15) is 5.75 Å². The monoisotopic (exact) mass is 328 g/mol. The van der Waals surface area contributed by atoms with Crippen LogP contribution in [0.5, 0.6) is 5.75 Å². The maximum absolute atomic E-state index is 11.7. The molecule has 4 bridgehead atoms. The van der Waals surface area contributed by atoms with Crippen molar-refractivity contribution in [3.05, 3.63) is 29.8 Å². The van der Waals surface area contributed by atoms with Crippen molar-refractivity contribution in [3.8, 4) is 5.75 Å². The van der Waals surface area contributed by atoms with E-state index in [1.54, 1.807) is 6.92 Å². The Labute approximate surface area is 144 Å². The van der Waals surface area contributed by atoms with Gasteiger partial charge in [-0.15, -0.1) is 0 Å². The third kappa shape index (κ3) is 2.82. The number of hydrogen-bond acceptors (Lipinski definition) is 3. The summed E-state index contributed by atoms with van der Waals surface area (Å²) < 4.78 is 10.7. The first kappa shape index (κ1) is 16.0. The molecule has 0 amide bonds. The van der Waals surface area contributed by atoms with Crippen LogP contribution in [-0.4, -0.2) is 18.7 Å². The largest absolute Gasteiger partial charge is 0.479 e. The van der Waals surface area contributed by atoms with Crippen molar-refractivity contribution in [2.24, 2.45) is 17.8 Å². The molecule has 130 valence electrons. The van der Waals surface area contributed by atoms with E-state index >= 15 is 0 Å². The lowest BCUT2D eigenvalue weighted by Gasteiger charge is -2.57. The molecule has 4 fully saturated rings. The van der Waals surface area contributed by atoms with Crippen LogP contribution >= 0.6 is 0 Å². The van der Waals surface area contributed by atoms with Crippen molar-refractivity contribution in [3.63, 3.8) is 0 Å². The lowest BCUT2D eigenvalue weighted by Crippen LogP contribution is -2.48. The third-order valence-corrected chi connectivity index (χ3v) is 6.44. The average Bonchev–Trinajstić information content (AvgIpc) is 2.54. The van der Waals surface area contributed by atoms with E-state index in [9.17, 15) is 4.79 Å². The summed E-state index contributed by atoms with van der Waals surface area (Å²) >= 11 is 0. The molecule has 3 nitrogen and oxygen atoms in total. The molecule has 0 spiro atoms. The minimum atomic E-state index is -0.560. The van der Waals surface area contributed by atoms with Gasteiger partial charge >= 0.3 is 5.97 Å². The second-order valence-corrected chi connectivity index (χ2v) is 8.23. The van der Waals surface area contributed by atoms with Gasteiger partial charge in [0.25, 0.3) is 0 Å². The molecule has 24 heavy (non-hydrogen) atoms. The Morgan fingerprint density at radius 3 is 2.12 bits per heavy atom. The minimum Gasteiger partial charge on any atom is -0.479 e. The summed E-state index contributed by atoms with van der Waals surface area (Å²) in [6, 6.07) is 8.54. The van der Waals surface area contributed by atoms with Gasteiger partial charge in [-0.3, -0.25) is 0 Å². The number of rotatable bonds is 5. The SMILES string of the molecule is CCOC(=O)C(C)Oc1ccc(C23CC4CC(CC(C4)C2)C3)cc1. The molecule has 0 aliphatic heterocycles. The highest BCUT2D eigenvalue weighted by molar-refractivity contribution is 5.74. The number of ether oxygens (including phenoxy) is 2. The van der Waals surface area contributed by atoms with Gasteiger partial charge in [-0.25, -0.2) is 4.79 Å². The molecule has 1 aromatic rings. The van der Waals surface area contributed by atoms with Crippen LogP contribution < -0.4 is 4.74 Å². The molecule has 3 heteroatoms. The van der Waals surface area contributed by atoms with E-state index in [2.05, 4.69) is 12.1 Å². The lowest BCUT2D eigenvalue weighted by atomic mass is 9.48. The van der Waals surface area contributed by atoms with Gasteiger partial charge in [-0.05, 0) is 93.2 Å². The standard InChI is InChI=1S/C21H28O3/c1-3-23-20(22)14(2)24-19-6-4-18(5-7-19)21-11-15-8-16(12-21)10-17(9-15)13-21/h4-7,14-17H,3,8-13H2,1-2H3. The average molecular weight is 328 g/mol. The fourth-order valence-corrected chi connectivity index (χ4v) is 5.86. The lowest BCUT2D eigenvalue weighted by molar-refractivity contribution is -0.150. The van der Waals surface area contributed by atoms with Crippen molar-refractivity contribution < 1.29 is 14.3 Å². The third-order valence-electron chi connectivity index (χ3n) is 6.44. The quantitative estimate of drug-likeness (QED) is 0.747. The zero-order valence-corrected chi connectivity index (χ0v) is 14.8. The van der Waals surface area contributed by atoms with Gasteiger partial charge in [-0.1, -0.05) is 12.1 Å². The molecule has 0 heterocycles. The summed E-state index contributed by atoms with van der Waals surface area (Å²) in [7, 11) is 0. The number of benzene rings is 1. The topological polar surface area (TPSA) is 35.5 Å². The highest BCUT2D eigenvalue weighted by Crippen LogP contribution is 2.60. The van der Waals surface area contributed by atoms with Crippen LogP contribution in [0, 0.1) is 17.8 Å². The molecule has 4 aliphatic rings. The van der Waals surface area contributed by atoms with E-state index in [0.29, 0.717) is 12.0 Å². The predicted molar refractivity (Wildman–Crippen MR) is 93.0 cm³/mol. The Morgan fingerprint density at radius 1 is 1.08 bits per heavy atom. The molecule has 1 atom stereocenters. The second-order valence-electron chi connectivity index (χ2n) is 8.23. The van der Waals surface area contributed by atoms with Gasteiger partial charge in [0, 0.05) is 0 Å². The van der Waals surface area contributed by atoms with Crippen LogP contribution in [0.25, 0.3) is 0 Å². The van der Waals surface area contributed by atoms with E-state index in [0.717, 1.165) is 23.5 Å². The molecule has 4 aliphatic carbocycles. The molecular weight excluding hydrogens is 300 g/mol. The molecule has 0 aromatic heterocycles. The fraction of sp³-hybridized carbons (Fsp3) is 0.667. The number of esters is 1. The second kappa shape index (κ2) is 6.09. The summed E-state index contributed by atoms with van der Waals surface area (Å²) in [6.07, 6.45) is 7.97. The van der Waals surface area contributed by atoms with E-state index in [4.69, 9.17) is 9.47 Å². The summed E-state index contributed by atoms with van der Waals surface area (Å²) in [4.78, 5) is 11.7. The van der Waals surface area contributed by atoms with Gasteiger partial charge in [0.15, 0.2) is 6.10 Å². The van der Waals surface area contributed by atoms with Crippen molar-refractivity contribution >= 4 is 5.97 Å². The van der Waals surface area contributed by atoms with E-state index in [1.807, 2.05) is 19.1 Å². The first-order chi connectivity index (χ1) is 11.6. The fourth-order valence-electron chi connectivity index (χ4n) is 5.86. The predicted octanol–water partition coefficient (Wildman–Crippen LogP) is 4.48. The van der Waals surface area contributed by atoms with Gasteiger partial charge < -0.3 is 9.47 Å². The van der Waals surface area contributed by atoms with Crippen molar-refractivity contribution in [2.75, 3.05) is 6.61 Å². The zero-order chi connectivity index (χ0) is 16.7. The van der Waals surface area contributed by atoms with Gasteiger partial charge in [0.2, 0.25) is 0 Å². The number of hydrogen-bond donors (Lipinski definition) is 0. The number of carbonyl (C=O) groups is 1. The first-order valence-corrected chi connectivity index (χ1v) is 9.52. The van der Waals surface area contributed by atoms with Crippen molar-refractivity contribution in [1.82, 2.24) is 0 Å². The summed E-state index contributed by atoms with van der Waals surface area (Å²) in [6.45, 7) is 3.94.